The molecule has 84 valence electrons. The Labute approximate surface area is 92.5 Å². The fourth-order valence-electron chi connectivity index (χ4n) is 1.35. The van der Waals surface area contributed by atoms with Crippen molar-refractivity contribution < 1.29 is 13.7 Å². The second-order valence-electron chi connectivity index (χ2n) is 3.47. The standard InChI is InChI=1S/C11H12N2O3/c1-3-8(14)6-10-12-11(13-16-10)9-4-5-15-7(9)2/h4-5H,3,6H2,1-2H3. The summed E-state index contributed by atoms with van der Waals surface area (Å²) in [6.45, 7) is 3.63. The van der Waals surface area contributed by atoms with Crippen LogP contribution in [0.2, 0.25) is 0 Å². The molecule has 0 radical (unpaired) electrons. The lowest BCUT2D eigenvalue weighted by Gasteiger charge is -1.89. The van der Waals surface area contributed by atoms with E-state index in [2.05, 4.69) is 10.1 Å². The summed E-state index contributed by atoms with van der Waals surface area (Å²) < 4.78 is 10.1. The van der Waals surface area contributed by atoms with Crippen LogP contribution in [0.3, 0.4) is 0 Å². The number of hydrogen-bond donors (Lipinski definition) is 0. The van der Waals surface area contributed by atoms with Crippen molar-refractivity contribution in [3.8, 4) is 11.4 Å². The lowest BCUT2D eigenvalue weighted by atomic mass is 10.2. The minimum atomic E-state index is 0.0825. The van der Waals surface area contributed by atoms with Crippen molar-refractivity contribution >= 4 is 5.78 Å². The van der Waals surface area contributed by atoms with E-state index in [0.29, 0.717) is 18.1 Å². The third-order valence-corrected chi connectivity index (χ3v) is 2.31. The number of carbonyl (C=O) groups excluding carboxylic acids is 1. The predicted octanol–water partition coefficient (Wildman–Crippen LogP) is 2.16. The average Bonchev–Trinajstić information content (AvgIpc) is 2.86. The topological polar surface area (TPSA) is 69.1 Å². The smallest absolute Gasteiger partial charge is 0.234 e. The maximum Gasteiger partial charge on any atom is 0.234 e. The largest absolute Gasteiger partial charge is 0.469 e. The Morgan fingerprint density at radius 3 is 2.94 bits per heavy atom. The number of nitrogens with zero attached hydrogens (tertiary/aromatic N) is 2. The van der Waals surface area contributed by atoms with Crippen LogP contribution in [0.15, 0.2) is 21.3 Å². The number of ketones is 1. The molecule has 0 aliphatic heterocycles. The Morgan fingerprint density at radius 2 is 2.31 bits per heavy atom. The van der Waals surface area contributed by atoms with Crippen LogP contribution in [-0.4, -0.2) is 15.9 Å². The van der Waals surface area contributed by atoms with E-state index in [4.69, 9.17) is 8.94 Å². The van der Waals surface area contributed by atoms with E-state index in [1.807, 2.05) is 6.92 Å². The van der Waals surface area contributed by atoms with Crippen LogP contribution in [0, 0.1) is 6.92 Å². The van der Waals surface area contributed by atoms with Crippen molar-refractivity contribution in [2.24, 2.45) is 0 Å². The Balaban J connectivity index is 2.20. The Hall–Kier alpha value is -1.91. The quantitative estimate of drug-likeness (QED) is 0.789. The molecule has 2 aromatic heterocycles. The first-order valence-electron chi connectivity index (χ1n) is 5.09. The molecule has 0 unspecified atom stereocenters. The molecular weight excluding hydrogens is 208 g/mol. The first-order chi connectivity index (χ1) is 7.70. The fraction of sp³-hybridized carbons (Fsp3) is 0.364. The molecule has 0 saturated heterocycles. The minimum absolute atomic E-state index is 0.0825. The van der Waals surface area contributed by atoms with E-state index in [1.54, 1.807) is 19.3 Å². The van der Waals surface area contributed by atoms with Crippen LogP contribution in [0.1, 0.15) is 25.0 Å². The molecule has 0 aromatic carbocycles. The van der Waals surface area contributed by atoms with Crippen molar-refractivity contribution in [1.29, 1.82) is 0 Å². The molecular formula is C11H12N2O3. The second-order valence-corrected chi connectivity index (χ2v) is 3.47. The van der Waals surface area contributed by atoms with E-state index in [9.17, 15) is 4.79 Å². The third-order valence-electron chi connectivity index (χ3n) is 2.31. The number of aryl methyl sites for hydroxylation is 1. The van der Waals surface area contributed by atoms with Gasteiger partial charge in [0.25, 0.3) is 0 Å². The molecule has 0 fully saturated rings. The van der Waals surface area contributed by atoms with E-state index < -0.39 is 0 Å². The molecule has 0 aliphatic carbocycles. The molecule has 0 saturated carbocycles. The van der Waals surface area contributed by atoms with Crippen molar-refractivity contribution in [1.82, 2.24) is 10.1 Å². The average molecular weight is 220 g/mol. The number of Topliss-reactive ketones (excluding diaryl/α,β-unsaturated/α-hetero) is 1. The Bertz CT molecular complexity index is 499. The second kappa shape index (κ2) is 4.30. The number of hydrogen-bond acceptors (Lipinski definition) is 5. The van der Waals surface area contributed by atoms with Crippen LogP contribution in [0.5, 0.6) is 0 Å². The fourth-order valence-corrected chi connectivity index (χ4v) is 1.35. The SMILES string of the molecule is CCC(=O)Cc1nc(-c2ccoc2C)no1. The van der Waals surface area contributed by atoms with Gasteiger partial charge in [0.15, 0.2) is 0 Å². The van der Waals surface area contributed by atoms with Gasteiger partial charge in [-0.2, -0.15) is 4.98 Å². The molecule has 16 heavy (non-hydrogen) atoms. The van der Waals surface area contributed by atoms with Gasteiger partial charge in [-0.3, -0.25) is 4.79 Å². The molecule has 0 atom stereocenters. The van der Waals surface area contributed by atoms with Gasteiger partial charge in [-0.25, -0.2) is 0 Å². The van der Waals surface area contributed by atoms with Gasteiger partial charge in [0.1, 0.15) is 11.5 Å². The molecule has 2 heterocycles. The highest BCUT2D eigenvalue weighted by Gasteiger charge is 2.14. The highest BCUT2D eigenvalue weighted by atomic mass is 16.5. The molecule has 2 aromatic rings. The molecule has 0 aliphatic rings. The molecule has 5 heteroatoms. The van der Waals surface area contributed by atoms with Crippen molar-refractivity contribution in [3.63, 3.8) is 0 Å². The van der Waals surface area contributed by atoms with Crippen molar-refractivity contribution in [2.75, 3.05) is 0 Å². The van der Waals surface area contributed by atoms with Crippen LogP contribution in [0.25, 0.3) is 11.4 Å². The maximum atomic E-state index is 11.2. The lowest BCUT2D eigenvalue weighted by molar-refractivity contribution is -0.118. The zero-order valence-corrected chi connectivity index (χ0v) is 9.19. The zero-order chi connectivity index (χ0) is 11.5. The monoisotopic (exact) mass is 220 g/mol. The van der Waals surface area contributed by atoms with Gasteiger partial charge in [0.05, 0.1) is 18.2 Å². The van der Waals surface area contributed by atoms with Gasteiger partial charge in [-0.05, 0) is 13.0 Å². The predicted molar refractivity (Wildman–Crippen MR) is 55.7 cm³/mol. The number of aromatic nitrogens is 2. The van der Waals surface area contributed by atoms with E-state index in [0.717, 1.165) is 11.3 Å². The molecule has 0 N–H and O–H groups in total. The van der Waals surface area contributed by atoms with Gasteiger partial charge in [-0.15, -0.1) is 0 Å². The number of rotatable bonds is 4. The summed E-state index contributed by atoms with van der Waals surface area (Å²) in [6, 6.07) is 1.77. The highest BCUT2D eigenvalue weighted by molar-refractivity contribution is 5.79. The molecule has 5 nitrogen and oxygen atoms in total. The van der Waals surface area contributed by atoms with Gasteiger partial charge < -0.3 is 8.94 Å². The summed E-state index contributed by atoms with van der Waals surface area (Å²) >= 11 is 0. The molecule has 0 bridgehead atoms. The summed E-state index contributed by atoms with van der Waals surface area (Å²) in [5.74, 6) is 1.63. The van der Waals surface area contributed by atoms with Gasteiger partial charge in [0.2, 0.25) is 11.7 Å². The van der Waals surface area contributed by atoms with E-state index in [1.165, 1.54) is 0 Å². The summed E-state index contributed by atoms with van der Waals surface area (Å²) in [5.41, 5.74) is 0.791. The maximum absolute atomic E-state index is 11.2. The van der Waals surface area contributed by atoms with Gasteiger partial charge in [0, 0.05) is 6.42 Å². The summed E-state index contributed by atoms with van der Waals surface area (Å²) in [7, 11) is 0. The highest BCUT2D eigenvalue weighted by Crippen LogP contribution is 2.21. The van der Waals surface area contributed by atoms with Crippen LogP contribution in [-0.2, 0) is 11.2 Å². The number of furan rings is 1. The van der Waals surface area contributed by atoms with Gasteiger partial charge in [-0.1, -0.05) is 12.1 Å². The molecule has 2 rings (SSSR count). The lowest BCUT2D eigenvalue weighted by Crippen LogP contribution is -2.00. The molecule has 0 amide bonds. The van der Waals surface area contributed by atoms with Crippen molar-refractivity contribution in [2.45, 2.75) is 26.7 Å². The Kier molecular flexibility index (Phi) is 2.85. The van der Waals surface area contributed by atoms with E-state index >= 15 is 0 Å². The van der Waals surface area contributed by atoms with Crippen LogP contribution in [0.4, 0.5) is 0 Å². The zero-order valence-electron chi connectivity index (χ0n) is 9.19. The van der Waals surface area contributed by atoms with Gasteiger partial charge >= 0.3 is 0 Å². The first kappa shape index (κ1) is 10.6. The summed E-state index contributed by atoms with van der Waals surface area (Å²) in [4.78, 5) is 15.3. The number of carbonyl (C=O) groups is 1. The summed E-state index contributed by atoms with van der Waals surface area (Å²) in [5, 5.41) is 3.81. The Morgan fingerprint density at radius 1 is 1.50 bits per heavy atom. The van der Waals surface area contributed by atoms with Crippen LogP contribution >= 0.6 is 0 Å². The normalized spacial score (nSPS) is 10.6. The summed E-state index contributed by atoms with van der Waals surface area (Å²) in [6.07, 6.45) is 2.24. The first-order valence-corrected chi connectivity index (χ1v) is 5.09. The third kappa shape index (κ3) is 2.03. The molecule has 0 spiro atoms. The van der Waals surface area contributed by atoms with Crippen LogP contribution < -0.4 is 0 Å². The minimum Gasteiger partial charge on any atom is -0.469 e. The van der Waals surface area contributed by atoms with E-state index in [-0.39, 0.29) is 12.2 Å². The van der Waals surface area contributed by atoms with Crippen molar-refractivity contribution in [3.05, 3.63) is 24.0 Å².